The maximum absolute atomic E-state index is 14.3. The van der Waals surface area contributed by atoms with Crippen molar-refractivity contribution >= 4 is 22.8 Å². The predicted octanol–water partition coefficient (Wildman–Crippen LogP) is 6.32. The standard InChI is InChI=1S/C28H27F2NO5S/c1-4-9-21(14-19-12-13-20(29)15-23(19)30)37-27(31-3)22-17-36-26(28(33)34-5-2)25(24(22)32)35-16-18-10-7-6-8-11-18/h6-13,15,17H,4-5,14,16H2,1-3H3/b21-9+,31-27?. The number of halogens is 2. The summed E-state index contributed by atoms with van der Waals surface area (Å²) in [5, 5.41) is 0.288. The maximum Gasteiger partial charge on any atom is 0.378 e. The van der Waals surface area contributed by atoms with Gasteiger partial charge in [-0.25, -0.2) is 13.6 Å². The van der Waals surface area contributed by atoms with E-state index in [4.69, 9.17) is 13.9 Å². The van der Waals surface area contributed by atoms with E-state index in [9.17, 15) is 18.4 Å². The van der Waals surface area contributed by atoms with E-state index in [1.165, 1.54) is 19.2 Å². The van der Waals surface area contributed by atoms with Crippen LogP contribution in [0.2, 0.25) is 0 Å². The van der Waals surface area contributed by atoms with E-state index in [1.807, 2.05) is 43.3 Å². The van der Waals surface area contributed by atoms with Gasteiger partial charge in [0.15, 0.2) is 0 Å². The zero-order valence-corrected chi connectivity index (χ0v) is 21.6. The van der Waals surface area contributed by atoms with Gasteiger partial charge in [-0.1, -0.05) is 61.2 Å². The lowest BCUT2D eigenvalue weighted by Gasteiger charge is -2.13. The van der Waals surface area contributed by atoms with Gasteiger partial charge < -0.3 is 13.9 Å². The first-order valence-corrected chi connectivity index (χ1v) is 12.5. The molecule has 0 aliphatic heterocycles. The van der Waals surface area contributed by atoms with Gasteiger partial charge in [0.2, 0.25) is 11.2 Å². The van der Waals surface area contributed by atoms with Crippen LogP contribution in [-0.2, 0) is 17.8 Å². The van der Waals surface area contributed by atoms with Crippen molar-refractivity contribution in [2.45, 2.75) is 33.3 Å². The molecule has 2 aromatic carbocycles. The lowest BCUT2D eigenvalue weighted by atomic mass is 10.1. The number of thioether (sulfide) groups is 1. The Morgan fingerprint density at radius 1 is 1.14 bits per heavy atom. The number of hydrogen-bond acceptors (Lipinski definition) is 7. The third kappa shape index (κ3) is 7.39. The van der Waals surface area contributed by atoms with E-state index in [1.54, 1.807) is 6.92 Å². The highest BCUT2D eigenvalue weighted by Crippen LogP contribution is 2.28. The minimum atomic E-state index is -0.824. The van der Waals surface area contributed by atoms with Crippen LogP contribution in [0.5, 0.6) is 5.75 Å². The van der Waals surface area contributed by atoms with Gasteiger partial charge in [-0.05, 0) is 35.4 Å². The molecule has 3 rings (SSSR count). The monoisotopic (exact) mass is 527 g/mol. The summed E-state index contributed by atoms with van der Waals surface area (Å²) >= 11 is 1.16. The highest BCUT2D eigenvalue weighted by Gasteiger charge is 2.25. The lowest BCUT2D eigenvalue weighted by molar-refractivity contribution is 0.0478. The first-order valence-electron chi connectivity index (χ1n) is 11.6. The average Bonchev–Trinajstić information content (AvgIpc) is 2.89. The zero-order valence-electron chi connectivity index (χ0n) is 20.8. The molecule has 1 aromatic heterocycles. The van der Waals surface area contributed by atoms with Crippen molar-refractivity contribution in [3.05, 3.63) is 110 Å². The van der Waals surface area contributed by atoms with E-state index in [0.29, 0.717) is 16.9 Å². The minimum Gasteiger partial charge on any atom is -0.481 e. The van der Waals surface area contributed by atoms with Crippen LogP contribution in [0.1, 0.15) is 47.5 Å². The van der Waals surface area contributed by atoms with Crippen LogP contribution in [0.4, 0.5) is 8.78 Å². The molecule has 0 aliphatic carbocycles. The second-order valence-corrected chi connectivity index (χ2v) is 8.87. The molecule has 0 saturated carbocycles. The van der Waals surface area contributed by atoms with Crippen LogP contribution in [0.3, 0.4) is 0 Å². The molecular formula is C28H27F2NO5S. The van der Waals surface area contributed by atoms with E-state index < -0.39 is 23.0 Å². The van der Waals surface area contributed by atoms with Gasteiger partial charge in [0.05, 0.1) is 12.2 Å². The number of aliphatic imine (C=N–C) groups is 1. The summed E-state index contributed by atoms with van der Waals surface area (Å²) in [5.74, 6) is -2.77. The summed E-state index contributed by atoms with van der Waals surface area (Å²) in [6, 6.07) is 12.6. The molecule has 37 heavy (non-hydrogen) atoms. The molecule has 194 valence electrons. The van der Waals surface area contributed by atoms with Crippen LogP contribution in [-0.4, -0.2) is 24.7 Å². The number of rotatable bonds is 10. The molecule has 0 radical (unpaired) electrons. The van der Waals surface area contributed by atoms with E-state index in [-0.39, 0.29) is 41.8 Å². The van der Waals surface area contributed by atoms with Gasteiger partial charge in [0, 0.05) is 19.5 Å². The van der Waals surface area contributed by atoms with Crippen molar-refractivity contribution in [1.82, 2.24) is 0 Å². The Hall–Kier alpha value is -3.72. The Balaban J connectivity index is 1.95. The first kappa shape index (κ1) is 27.9. The molecule has 0 N–H and O–H groups in total. The highest BCUT2D eigenvalue weighted by molar-refractivity contribution is 8.17. The summed E-state index contributed by atoms with van der Waals surface area (Å²) in [4.78, 5) is 30.9. The van der Waals surface area contributed by atoms with Gasteiger partial charge >= 0.3 is 5.97 Å². The topological polar surface area (TPSA) is 78.1 Å². The first-order chi connectivity index (χ1) is 17.9. The average molecular weight is 528 g/mol. The molecule has 6 nitrogen and oxygen atoms in total. The van der Waals surface area contributed by atoms with Gasteiger partial charge in [-0.2, -0.15) is 0 Å². The highest BCUT2D eigenvalue weighted by atomic mass is 32.2. The number of carbonyl (C=O) groups excluding carboxylic acids is 1. The van der Waals surface area contributed by atoms with Crippen molar-refractivity contribution in [2.75, 3.05) is 13.7 Å². The van der Waals surface area contributed by atoms with Gasteiger partial charge in [-0.3, -0.25) is 9.79 Å². The largest absolute Gasteiger partial charge is 0.481 e. The molecule has 0 spiro atoms. The Morgan fingerprint density at radius 2 is 1.89 bits per heavy atom. The molecule has 3 aromatic rings. The second kappa shape index (κ2) is 13.5. The van der Waals surface area contributed by atoms with E-state index in [2.05, 4.69) is 4.99 Å². The number of benzene rings is 2. The molecule has 0 bridgehead atoms. The summed E-state index contributed by atoms with van der Waals surface area (Å²) in [7, 11) is 1.51. The van der Waals surface area contributed by atoms with Gasteiger partial charge in [0.1, 0.15) is 29.5 Å². The normalized spacial score (nSPS) is 11.9. The molecular weight excluding hydrogens is 500 g/mol. The summed E-state index contributed by atoms with van der Waals surface area (Å²) in [5.41, 5.74) is 0.573. The summed E-state index contributed by atoms with van der Waals surface area (Å²) in [6.07, 6.45) is 3.83. The number of esters is 1. The van der Waals surface area contributed by atoms with E-state index in [0.717, 1.165) is 29.7 Å². The van der Waals surface area contributed by atoms with Crippen molar-refractivity contribution in [3.63, 3.8) is 0 Å². The van der Waals surface area contributed by atoms with Crippen LogP contribution in [0.15, 0.2) is 80.0 Å². The van der Waals surface area contributed by atoms with E-state index >= 15 is 0 Å². The van der Waals surface area contributed by atoms with Crippen LogP contribution < -0.4 is 10.2 Å². The molecule has 0 aliphatic rings. The quantitative estimate of drug-likeness (QED) is 0.174. The lowest BCUT2D eigenvalue weighted by Crippen LogP contribution is -2.21. The Morgan fingerprint density at radius 3 is 2.54 bits per heavy atom. The third-order valence-corrected chi connectivity index (χ3v) is 6.28. The van der Waals surface area contributed by atoms with Crippen LogP contribution in [0.25, 0.3) is 0 Å². The van der Waals surface area contributed by atoms with Crippen LogP contribution >= 0.6 is 11.8 Å². The Bertz CT molecular complexity index is 1350. The number of hydrogen-bond donors (Lipinski definition) is 0. The number of ether oxygens (including phenoxy) is 2. The maximum atomic E-state index is 14.3. The fourth-order valence-corrected chi connectivity index (χ4v) is 4.44. The number of carbonyl (C=O) groups is 1. The third-order valence-electron chi connectivity index (χ3n) is 5.11. The molecule has 9 heteroatoms. The molecule has 0 unspecified atom stereocenters. The molecule has 0 saturated heterocycles. The smallest absolute Gasteiger partial charge is 0.378 e. The fourth-order valence-electron chi connectivity index (χ4n) is 3.37. The van der Waals surface area contributed by atoms with Crippen molar-refractivity contribution < 1.29 is 27.5 Å². The van der Waals surface area contributed by atoms with Crippen molar-refractivity contribution in [2.24, 2.45) is 4.99 Å². The van der Waals surface area contributed by atoms with Crippen molar-refractivity contribution in [3.8, 4) is 5.75 Å². The molecule has 0 atom stereocenters. The SMILES string of the molecule is CC/C=C(\Cc1ccc(F)cc1F)SC(=NC)c1coc(C(=O)OCC)c(OCc2ccccc2)c1=O. The van der Waals surface area contributed by atoms with Crippen molar-refractivity contribution in [1.29, 1.82) is 0 Å². The Kier molecular flexibility index (Phi) is 10.2. The molecule has 1 heterocycles. The number of nitrogens with zero attached hydrogens (tertiary/aromatic N) is 1. The van der Waals surface area contributed by atoms with Crippen LogP contribution in [0, 0.1) is 11.6 Å². The molecule has 0 fully saturated rings. The second-order valence-electron chi connectivity index (χ2n) is 7.75. The molecule has 0 amide bonds. The Labute approximate surface area is 218 Å². The van der Waals surface area contributed by atoms with Gasteiger partial charge in [0.25, 0.3) is 5.76 Å². The zero-order chi connectivity index (χ0) is 26.8. The predicted molar refractivity (Wildman–Crippen MR) is 140 cm³/mol. The fraction of sp³-hybridized carbons (Fsp3) is 0.250. The summed E-state index contributed by atoms with van der Waals surface area (Å²) < 4.78 is 43.9. The minimum absolute atomic E-state index is 0.0258. The number of allylic oxidation sites excluding steroid dienone is 2. The summed E-state index contributed by atoms with van der Waals surface area (Å²) in [6.45, 7) is 3.67. The van der Waals surface area contributed by atoms with Gasteiger partial charge in [-0.15, -0.1) is 0 Å².